The standard InChI is InChI=1S/C24H27N3O2/c1-2-29-21-12-10-20(11-13-21)23-22-9-6-16-26(22)17-18-27(23)24(28)25-15-14-19-7-4-3-5-8-19/h3-13,16,23H,2,14-15,17-18H2,1H3,(H,25,28)/t23-/m1/s1. The molecule has 5 heteroatoms. The molecule has 0 fully saturated rings. The molecule has 0 saturated carbocycles. The van der Waals surface area contributed by atoms with Gasteiger partial charge in [-0.1, -0.05) is 42.5 Å². The van der Waals surface area contributed by atoms with Crippen molar-refractivity contribution in [2.45, 2.75) is 25.9 Å². The second-order valence-corrected chi connectivity index (χ2v) is 7.19. The molecule has 1 N–H and O–H groups in total. The molecule has 1 aliphatic heterocycles. The van der Waals surface area contributed by atoms with Gasteiger partial charge in [0.05, 0.1) is 12.6 Å². The molecular weight excluding hydrogens is 362 g/mol. The van der Waals surface area contributed by atoms with Crippen molar-refractivity contribution >= 4 is 6.03 Å². The number of carbonyl (C=O) groups excluding carboxylic acids is 1. The maximum absolute atomic E-state index is 13.1. The molecule has 0 bridgehead atoms. The topological polar surface area (TPSA) is 46.5 Å². The normalized spacial score (nSPS) is 15.6. The van der Waals surface area contributed by atoms with Gasteiger partial charge in [-0.05, 0) is 48.7 Å². The summed E-state index contributed by atoms with van der Waals surface area (Å²) in [5.74, 6) is 0.848. The first kappa shape index (κ1) is 19.1. The van der Waals surface area contributed by atoms with Crippen LogP contribution in [-0.2, 0) is 13.0 Å². The van der Waals surface area contributed by atoms with Crippen molar-refractivity contribution in [3.63, 3.8) is 0 Å². The minimum absolute atomic E-state index is 0.0211. The number of hydrogen-bond donors (Lipinski definition) is 1. The van der Waals surface area contributed by atoms with E-state index >= 15 is 0 Å². The average Bonchev–Trinajstić information content (AvgIpc) is 3.23. The molecular formula is C24H27N3O2. The number of benzene rings is 2. The second kappa shape index (κ2) is 8.86. The molecule has 4 rings (SSSR count). The van der Waals surface area contributed by atoms with E-state index in [0.717, 1.165) is 30.0 Å². The van der Waals surface area contributed by atoms with Gasteiger partial charge in [0, 0.05) is 31.5 Å². The molecule has 2 heterocycles. The molecule has 0 radical (unpaired) electrons. The molecule has 5 nitrogen and oxygen atoms in total. The highest BCUT2D eigenvalue weighted by atomic mass is 16.5. The van der Waals surface area contributed by atoms with Gasteiger partial charge in [-0.2, -0.15) is 0 Å². The maximum Gasteiger partial charge on any atom is 0.318 e. The fraction of sp³-hybridized carbons (Fsp3) is 0.292. The number of carbonyl (C=O) groups is 1. The van der Waals surface area contributed by atoms with Gasteiger partial charge in [0.1, 0.15) is 5.75 Å². The quantitative estimate of drug-likeness (QED) is 0.685. The first-order chi connectivity index (χ1) is 14.3. The van der Waals surface area contributed by atoms with Crippen LogP contribution < -0.4 is 10.1 Å². The summed E-state index contributed by atoms with van der Waals surface area (Å²) in [6.07, 6.45) is 2.91. The summed E-state index contributed by atoms with van der Waals surface area (Å²) in [6, 6.07) is 22.3. The molecule has 2 amide bonds. The van der Waals surface area contributed by atoms with E-state index in [9.17, 15) is 4.79 Å². The highest BCUT2D eigenvalue weighted by Crippen LogP contribution is 2.33. The largest absolute Gasteiger partial charge is 0.494 e. The molecule has 29 heavy (non-hydrogen) atoms. The van der Waals surface area contributed by atoms with Crippen molar-refractivity contribution < 1.29 is 9.53 Å². The van der Waals surface area contributed by atoms with Crippen molar-refractivity contribution in [1.82, 2.24) is 14.8 Å². The van der Waals surface area contributed by atoms with E-state index in [-0.39, 0.29) is 12.1 Å². The zero-order valence-corrected chi connectivity index (χ0v) is 16.8. The summed E-state index contributed by atoms with van der Waals surface area (Å²) in [7, 11) is 0. The molecule has 0 spiro atoms. The van der Waals surface area contributed by atoms with Gasteiger partial charge < -0.3 is 19.5 Å². The summed E-state index contributed by atoms with van der Waals surface area (Å²) in [6.45, 7) is 4.72. The lowest BCUT2D eigenvalue weighted by Gasteiger charge is -2.37. The molecule has 2 aromatic carbocycles. The SMILES string of the molecule is CCOc1ccc([C@@H]2c3cccn3CCN2C(=O)NCCc2ccccc2)cc1. The van der Waals surface area contributed by atoms with Crippen LogP contribution in [-0.4, -0.2) is 35.2 Å². The van der Waals surface area contributed by atoms with Crippen LogP contribution in [0.4, 0.5) is 4.79 Å². The van der Waals surface area contributed by atoms with Gasteiger partial charge in [-0.25, -0.2) is 4.79 Å². The van der Waals surface area contributed by atoms with Gasteiger partial charge in [-0.15, -0.1) is 0 Å². The van der Waals surface area contributed by atoms with E-state index in [0.29, 0.717) is 19.7 Å². The smallest absolute Gasteiger partial charge is 0.318 e. The van der Waals surface area contributed by atoms with Crippen molar-refractivity contribution in [3.8, 4) is 5.75 Å². The number of nitrogens with one attached hydrogen (secondary N) is 1. The molecule has 0 unspecified atom stereocenters. The molecule has 150 valence electrons. The minimum atomic E-state index is -0.105. The first-order valence-electron chi connectivity index (χ1n) is 10.2. The van der Waals surface area contributed by atoms with E-state index < -0.39 is 0 Å². The number of hydrogen-bond acceptors (Lipinski definition) is 2. The van der Waals surface area contributed by atoms with Gasteiger partial charge >= 0.3 is 6.03 Å². The fourth-order valence-corrected chi connectivity index (χ4v) is 3.93. The van der Waals surface area contributed by atoms with Crippen molar-refractivity contribution in [3.05, 3.63) is 89.7 Å². The average molecular weight is 389 g/mol. The molecule has 1 aromatic heterocycles. The highest BCUT2D eigenvalue weighted by Gasteiger charge is 2.32. The Morgan fingerprint density at radius 1 is 1.03 bits per heavy atom. The number of amides is 2. The number of fused-ring (bicyclic) bond motifs is 1. The van der Waals surface area contributed by atoms with Gasteiger partial charge in [-0.3, -0.25) is 0 Å². The van der Waals surface area contributed by atoms with E-state index in [1.165, 1.54) is 5.56 Å². The summed E-state index contributed by atoms with van der Waals surface area (Å²) in [5, 5.41) is 3.11. The third-order valence-corrected chi connectivity index (χ3v) is 5.34. The van der Waals surface area contributed by atoms with E-state index in [2.05, 4.69) is 46.4 Å². The zero-order valence-electron chi connectivity index (χ0n) is 16.8. The van der Waals surface area contributed by atoms with Gasteiger partial charge in [0.15, 0.2) is 0 Å². The number of urea groups is 1. The molecule has 0 saturated heterocycles. The van der Waals surface area contributed by atoms with Crippen LogP contribution in [0.3, 0.4) is 0 Å². The van der Waals surface area contributed by atoms with Gasteiger partial charge in [0.2, 0.25) is 0 Å². The summed E-state index contributed by atoms with van der Waals surface area (Å²) in [5.41, 5.74) is 3.45. The zero-order chi connectivity index (χ0) is 20.1. The minimum Gasteiger partial charge on any atom is -0.494 e. The number of rotatable bonds is 6. The predicted octanol–water partition coefficient (Wildman–Crippen LogP) is 4.24. The summed E-state index contributed by atoms with van der Waals surface area (Å²) < 4.78 is 7.81. The lowest BCUT2D eigenvalue weighted by molar-refractivity contribution is 0.169. The number of aromatic nitrogens is 1. The molecule has 1 aliphatic rings. The lowest BCUT2D eigenvalue weighted by Crippen LogP contribution is -2.47. The van der Waals surface area contributed by atoms with Crippen LogP contribution in [0, 0.1) is 0 Å². The number of ether oxygens (including phenoxy) is 1. The van der Waals surface area contributed by atoms with E-state index in [1.807, 2.05) is 48.2 Å². The van der Waals surface area contributed by atoms with Crippen molar-refractivity contribution in [2.24, 2.45) is 0 Å². The molecule has 1 atom stereocenters. The molecule has 0 aliphatic carbocycles. The Labute approximate surface area is 171 Å². The fourth-order valence-electron chi connectivity index (χ4n) is 3.93. The van der Waals surface area contributed by atoms with Crippen LogP contribution >= 0.6 is 0 Å². The number of nitrogens with zero attached hydrogens (tertiary/aromatic N) is 2. The predicted molar refractivity (Wildman–Crippen MR) is 114 cm³/mol. The highest BCUT2D eigenvalue weighted by molar-refractivity contribution is 5.75. The Bertz CT molecular complexity index is 934. The van der Waals surface area contributed by atoms with Crippen LogP contribution in [0.2, 0.25) is 0 Å². The van der Waals surface area contributed by atoms with Crippen LogP contribution in [0.1, 0.15) is 29.8 Å². The Morgan fingerprint density at radius 3 is 2.59 bits per heavy atom. The van der Waals surface area contributed by atoms with Crippen LogP contribution in [0.15, 0.2) is 72.9 Å². The Balaban J connectivity index is 1.50. The van der Waals surface area contributed by atoms with E-state index in [1.54, 1.807) is 0 Å². The van der Waals surface area contributed by atoms with Crippen molar-refractivity contribution in [1.29, 1.82) is 0 Å². The molecule has 3 aromatic rings. The van der Waals surface area contributed by atoms with E-state index in [4.69, 9.17) is 4.74 Å². The lowest BCUT2D eigenvalue weighted by atomic mass is 10.00. The van der Waals surface area contributed by atoms with Crippen LogP contribution in [0.5, 0.6) is 5.75 Å². The summed E-state index contributed by atoms with van der Waals surface area (Å²) >= 11 is 0. The Hall–Kier alpha value is -3.21. The monoisotopic (exact) mass is 389 g/mol. The third-order valence-electron chi connectivity index (χ3n) is 5.34. The Kier molecular flexibility index (Phi) is 5.84. The summed E-state index contributed by atoms with van der Waals surface area (Å²) in [4.78, 5) is 15.0. The van der Waals surface area contributed by atoms with Crippen LogP contribution in [0.25, 0.3) is 0 Å². The van der Waals surface area contributed by atoms with Crippen molar-refractivity contribution in [2.75, 3.05) is 19.7 Å². The third kappa shape index (κ3) is 4.29. The second-order valence-electron chi connectivity index (χ2n) is 7.19. The first-order valence-corrected chi connectivity index (χ1v) is 10.2. The Morgan fingerprint density at radius 2 is 1.83 bits per heavy atom. The van der Waals surface area contributed by atoms with Gasteiger partial charge in [0.25, 0.3) is 0 Å². The maximum atomic E-state index is 13.1.